The number of rotatable bonds is 4. The third kappa shape index (κ3) is 3.35. The van der Waals surface area contributed by atoms with E-state index in [9.17, 15) is 4.79 Å². The molecule has 0 bridgehead atoms. The first-order chi connectivity index (χ1) is 10.8. The van der Waals surface area contributed by atoms with E-state index in [0.29, 0.717) is 32.9 Å². The molecule has 0 aliphatic carbocycles. The van der Waals surface area contributed by atoms with Crippen molar-refractivity contribution in [3.05, 3.63) is 24.3 Å². The van der Waals surface area contributed by atoms with Crippen LogP contribution in [0.5, 0.6) is 11.5 Å². The third-order valence-corrected chi connectivity index (χ3v) is 4.26. The van der Waals surface area contributed by atoms with Crippen molar-refractivity contribution in [3.8, 4) is 11.5 Å². The maximum Gasteiger partial charge on any atom is 0.225 e. The number of carbonyl (C=O) groups excluding carboxylic acids is 1. The molecule has 1 atom stereocenters. The van der Waals surface area contributed by atoms with Crippen LogP contribution >= 0.6 is 0 Å². The molecule has 2 aliphatic rings. The van der Waals surface area contributed by atoms with Gasteiger partial charge in [0.1, 0.15) is 6.61 Å². The van der Waals surface area contributed by atoms with Crippen LogP contribution in [0.25, 0.3) is 0 Å². The van der Waals surface area contributed by atoms with Crippen LogP contribution in [0.2, 0.25) is 0 Å². The minimum Gasteiger partial charge on any atom is -0.486 e. The quantitative estimate of drug-likeness (QED) is 0.855. The van der Waals surface area contributed by atoms with E-state index in [-0.39, 0.29) is 17.9 Å². The van der Waals surface area contributed by atoms with E-state index in [1.54, 1.807) is 0 Å². The average molecular weight is 305 g/mol. The second-order valence-corrected chi connectivity index (χ2v) is 5.76. The predicted octanol–water partition coefficient (Wildman–Crippen LogP) is 2.10. The fourth-order valence-electron chi connectivity index (χ4n) is 2.98. The summed E-state index contributed by atoms with van der Waals surface area (Å²) in [6, 6.07) is 7.65. The van der Waals surface area contributed by atoms with Gasteiger partial charge in [0, 0.05) is 25.7 Å². The molecule has 1 saturated heterocycles. The molecule has 0 N–H and O–H groups in total. The summed E-state index contributed by atoms with van der Waals surface area (Å²) in [7, 11) is 0. The van der Waals surface area contributed by atoms with Gasteiger partial charge in [-0.2, -0.15) is 0 Å². The summed E-state index contributed by atoms with van der Waals surface area (Å²) in [4.78, 5) is 14.5. The lowest BCUT2D eigenvalue weighted by atomic mass is 9.98. The molecular weight excluding hydrogens is 282 g/mol. The molecule has 1 aromatic carbocycles. The van der Waals surface area contributed by atoms with Crippen molar-refractivity contribution in [2.45, 2.75) is 25.9 Å². The van der Waals surface area contributed by atoms with Crippen LogP contribution in [0.1, 0.15) is 19.8 Å². The van der Waals surface area contributed by atoms with E-state index in [1.807, 2.05) is 36.1 Å². The smallest absolute Gasteiger partial charge is 0.225 e. The van der Waals surface area contributed by atoms with Gasteiger partial charge in [0.2, 0.25) is 5.91 Å². The zero-order chi connectivity index (χ0) is 15.4. The Balaban J connectivity index is 1.60. The van der Waals surface area contributed by atoms with Crippen molar-refractivity contribution in [3.63, 3.8) is 0 Å². The summed E-state index contributed by atoms with van der Waals surface area (Å²) in [5.41, 5.74) is 0. The van der Waals surface area contributed by atoms with E-state index in [1.165, 1.54) is 0 Å². The summed E-state index contributed by atoms with van der Waals surface area (Å²) in [6.45, 7) is 5.12. The molecule has 2 heterocycles. The number of fused-ring (bicyclic) bond motifs is 1. The number of ether oxygens (including phenoxy) is 3. The number of hydrogen-bond acceptors (Lipinski definition) is 4. The summed E-state index contributed by atoms with van der Waals surface area (Å²) in [5, 5.41) is 0. The predicted molar refractivity (Wildman–Crippen MR) is 82.2 cm³/mol. The van der Waals surface area contributed by atoms with Gasteiger partial charge in [-0.05, 0) is 31.9 Å². The fourth-order valence-corrected chi connectivity index (χ4v) is 2.98. The van der Waals surface area contributed by atoms with Crippen molar-refractivity contribution in [2.24, 2.45) is 5.92 Å². The molecule has 0 saturated carbocycles. The minimum absolute atomic E-state index is 0.0884. The molecule has 1 aromatic rings. The SMILES string of the molecule is CCN(CC1COc2ccccc2O1)C(=O)C1CCOCC1. The van der Waals surface area contributed by atoms with Gasteiger partial charge in [-0.3, -0.25) is 4.79 Å². The van der Waals surface area contributed by atoms with E-state index < -0.39 is 0 Å². The van der Waals surface area contributed by atoms with Gasteiger partial charge < -0.3 is 19.1 Å². The van der Waals surface area contributed by atoms with E-state index in [2.05, 4.69) is 0 Å². The molecule has 0 radical (unpaired) electrons. The maximum absolute atomic E-state index is 12.6. The number of hydrogen-bond donors (Lipinski definition) is 0. The van der Waals surface area contributed by atoms with E-state index in [0.717, 1.165) is 24.3 Å². The van der Waals surface area contributed by atoms with Crippen LogP contribution in [0.4, 0.5) is 0 Å². The largest absolute Gasteiger partial charge is 0.486 e. The van der Waals surface area contributed by atoms with Crippen molar-refractivity contribution < 1.29 is 19.0 Å². The maximum atomic E-state index is 12.6. The Morgan fingerprint density at radius 2 is 1.95 bits per heavy atom. The highest BCUT2D eigenvalue weighted by atomic mass is 16.6. The molecule has 1 fully saturated rings. The van der Waals surface area contributed by atoms with Crippen molar-refractivity contribution >= 4 is 5.91 Å². The van der Waals surface area contributed by atoms with Crippen molar-refractivity contribution in [2.75, 3.05) is 32.9 Å². The van der Waals surface area contributed by atoms with Gasteiger partial charge in [-0.25, -0.2) is 0 Å². The molecule has 5 nitrogen and oxygen atoms in total. The summed E-state index contributed by atoms with van der Waals surface area (Å²) in [6.07, 6.45) is 1.53. The highest BCUT2D eigenvalue weighted by Crippen LogP contribution is 2.31. The summed E-state index contributed by atoms with van der Waals surface area (Å²) >= 11 is 0. The molecule has 5 heteroatoms. The van der Waals surface area contributed by atoms with Crippen LogP contribution in [0.15, 0.2) is 24.3 Å². The monoisotopic (exact) mass is 305 g/mol. The second kappa shape index (κ2) is 7.01. The normalized spacial score (nSPS) is 21.4. The number of amides is 1. The Morgan fingerprint density at radius 3 is 2.68 bits per heavy atom. The molecule has 3 rings (SSSR count). The number of para-hydroxylation sites is 2. The molecular formula is C17H23NO4. The van der Waals surface area contributed by atoms with Gasteiger partial charge in [-0.1, -0.05) is 12.1 Å². The number of carbonyl (C=O) groups is 1. The Labute approximate surface area is 131 Å². The first-order valence-electron chi connectivity index (χ1n) is 8.03. The molecule has 1 unspecified atom stereocenters. The minimum atomic E-state index is -0.112. The lowest BCUT2D eigenvalue weighted by molar-refractivity contribution is -0.139. The molecule has 1 amide bonds. The average Bonchev–Trinajstić information content (AvgIpc) is 2.59. The van der Waals surface area contributed by atoms with Crippen LogP contribution < -0.4 is 9.47 Å². The van der Waals surface area contributed by atoms with Crippen LogP contribution in [0.3, 0.4) is 0 Å². The van der Waals surface area contributed by atoms with Crippen LogP contribution in [-0.2, 0) is 9.53 Å². The molecule has 0 aromatic heterocycles. The first-order valence-corrected chi connectivity index (χ1v) is 8.03. The Kier molecular flexibility index (Phi) is 4.83. The Bertz CT molecular complexity index is 513. The number of nitrogens with zero attached hydrogens (tertiary/aromatic N) is 1. The Hall–Kier alpha value is -1.75. The number of benzene rings is 1. The van der Waals surface area contributed by atoms with Crippen molar-refractivity contribution in [1.82, 2.24) is 4.90 Å². The molecule has 0 spiro atoms. The Morgan fingerprint density at radius 1 is 1.23 bits per heavy atom. The highest BCUT2D eigenvalue weighted by molar-refractivity contribution is 5.79. The summed E-state index contributed by atoms with van der Waals surface area (Å²) in [5.74, 6) is 1.84. The van der Waals surface area contributed by atoms with Gasteiger partial charge >= 0.3 is 0 Å². The lowest BCUT2D eigenvalue weighted by Crippen LogP contribution is -2.46. The molecule has 2 aliphatic heterocycles. The van der Waals surface area contributed by atoms with Crippen LogP contribution in [-0.4, -0.2) is 49.8 Å². The van der Waals surface area contributed by atoms with Gasteiger partial charge in [-0.15, -0.1) is 0 Å². The third-order valence-electron chi connectivity index (χ3n) is 4.26. The fraction of sp³-hybridized carbons (Fsp3) is 0.588. The zero-order valence-electron chi connectivity index (χ0n) is 13.0. The van der Waals surface area contributed by atoms with Gasteiger partial charge in [0.25, 0.3) is 0 Å². The number of likely N-dealkylation sites (N-methyl/N-ethyl adjacent to an activating group) is 1. The second-order valence-electron chi connectivity index (χ2n) is 5.76. The van der Waals surface area contributed by atoms with Crippen molar-refractivity contribution in [1.29, 1.82) is 0 Å². The van der Waals surface area contributed by atoms with E-state index >= 15 is 0 Å². The highest BCUT2D eigenvalue weighted by Gasteiger charge is 2.29. The van der Waals surface area contributed by atoms with Gasteiger partial charge in [0.15, 0.2) is 17.6 Å². The zero-order valence-corrected chi connectivity index (χ0v) is 13.0. The molecule has 120 valence electrons. The topological polar surface area (TPSA) is 48.0 Å². The van der Waals surface area contributed by atoms with Gasteiger partial charge in [0.05, 0.1) is 6.54 Å². The van der Waals surface area contributed by atoms with Crippen LogP contribution in [0, 0.1) is 5.92 Å². The standard InChI is InChI=1S/C17H23NO4/c1-2-18(17(19)13-7-9-20-10-8-13)11-14-12-21-15-5-3-4-6-16(15)22-14/h3-6,13-14H,2,7-12H2,1H3. The lowest BCUT2D eigenvalue weighted by Gasteiger charge is -2.33. The first kappa shape index (κ1) is 15.2. The summed E-state index contributed by atoms with van der Waals surface area (Å²) < 4.78 is 17.0. The van der Waals surface area contributed by atoms with E-state index in [4.69, 9.17) is 14.2 Å². The molecule has 22 heavy (non-hydrogen) atoms.